The first-order chi connectivity index (χ1) is 8.88. The van der Waals surface area contributed by atoms with Gasteiger partial charge < -0.3 is 5.73 Å². The van der Waals surface area contributed by atoms with Crippen molar-refractivity contribution in [2.75, 3.05) is 6.26 Å². The molecule has 100 valence electrons. The second-order valence-electron chi connectivity index (χ2n) is 4.37. The fraction of sp³-hybridized carbons (Fsp3) is 0.143. The van der Waals surface area contributed by atoms with Crippen molar-refractivity contribution in [2.24, 2.45) is 5.73 Å². The highest BCUT2D eigenvalue weighted by Crippen LogP contribution is 2.22. The van der Waals surface area contributed by atoms with Crippen molar-refractivity contribution in [2.45, 2.75) is 10.9 Å². The van der Waals surface area contributed by atoms with Gasteiger partial charge in [-0.05, 0) is 35.4 Å². The largest absolute Gasteiger partial charge is 0.320 e. The van der Waals surface area contributed by atoms with Gasteiger partial charge in [0.15, 0.2) is 9.84 Å². The highest BCUT2D eigenvalue weighted by Gasteiger charge is 2.11. The molecule has 2 aromatic rings. The first-order valence-electron chi connectivity index (χ1n) is 5.69. The van der Waals surface area contributed by atoms with Gasteiger partial charge in [-0.2, -0.15) is 0 Å². The summed E-state index contributed by atoms with van der Waals surface area (Å²) in [6.07, 6.45) is 1.19. The van der Waals surface area contributed by atoms with E-state index in [4.69, 9.17) is 5.73 Å². The van der Waals surface area contributed by atoms with Crippen LogP contribution in [0, 0.1) is 0 Å². The summed E-state index contributed by atoms with van der Waals surface area (Å²) in [6, 6.07) is 14.2. The minimum atomic E-state index is -3.16. The van der Waals surface area contributed by atoms with Crippen molar-refractivity contribution < 1.29 is 8.42 Å². The fourth-order valence-corrected chi connectivity index (χ4v) is 2.68. The highest BCUT2D eigenvalue weighted by atomic mass is 79.9. The third-order valence-corrected chi connectivity index (χ3v) is 4.55. The van der Waals surface area contributed by atoms with Gasteiger partial charge in [-0.25, -0.2) is 8.42 Å². The van der Waals surface area contributed by atoms with Crippen LogP contribution in [0.25, 0.3) is 0 Å². The summed E-state index contributed by atoms with van der Waals surface area (Å²) in [6.45, 7) is 0. The summed E-state index contributed by atoms with van der Waals surface area (Å²) in [5.41, 5.74) is 8.03. The van der Waals surface area contributed by atoms with E-state index in [0.717, 1.165) is 15.6 Å². The van der Waals surface area contributed by atoms with Crippen LogP contribution in [-0.4, -0.2) is 14.7 Å². The van der Waals surface area contributed by atoms with Gasteiger partial charge in [0.05, 0.1) is 10.9 Å². The van der Waals surface area contributed by atoms with Gasteiger partial charge in [0, 0.05) is 10.7 Å². The zero-order valence-electron chi connectivity index (χ0n) is 10.4. The van der Waals surface area contributed by atoms with Crippen molar-refractivity contribution >= 4 is 25.8 Å². The third kappa shape index (κ3) is 3.43. The highest BCUT2D eigenvalue weighted by molar-refractivity contribution is 9.10. The maximum Gasteiger partial charge on any atom is 0.175 e. The first-order valence-corrected chi connectivity index (χ1v) is 8.37. The van der Waals surface area contributed by atoms with Gasteiger partial charge in [0.25, 0.3) is 0 Å². The molecule has 0 aliphatic rings. The molecule has 2 rings (SSSR count). The maximum atomic E-state index is 11.4. The minimum absolute atomic E-state index is 0.262. The second-order valence-corrected chi connectivity index (χ2v) is 7.30. The molecule has 0 fully saturated rings. The Hall–Kier alpha value is -1.17. The lowest BCUT2D eigenvalue weighted by Crippen LogP contribution is -2.11. The first kappa shape index (κ1) is 14.2. The van der Waals surface area contributed by atoms with Crippen molar-refractivity contribution in [1.29, 1.82) is 0 Å². The summed E-state index contributed by atoms with van der Waals surface area (Å²) in [5, 5.41) is 0. The van der Waals surface area contributed by atoms with Crippen LogP contribution in [0.15, 0.2) is 57.9 Å². The number of hydrogen-bond donors (Lipinski definition) is 1. The van der Waals surface area contributed by atoms with Crippen LogP contribution in [0.5, 0.6) is 0 Å². The molecule has 2 aromatic carbocycles. The Morgan fingerprint density at radius 3 is 1.79 bits per heavy atom. The molecule has 0 aromatic heterocycles. The molecule has 5 heteroatoms. The lowest BCUT2D eigenvalue weighted by molar-refractivity contribution is 0.602. The molecule has 0 spiro atoms. The van der Waals surface area contributed by atoms with Gasteiger partial charge in [0.1, 0.15) is 0 Å². The molecule has 2 N–H and O–H groups in total. The van der Waals surface area contributed by atoms with Gasteiger partial charge in [-0.3, -0.25) is 0 Å². The Labute approximate surface area is 121 Å². The summed E-state index contributed by atoms with van der Waals surface area (Å²) < 4.78 is 23.8. The maximum absolute atomic E-state index is 11.4. The average Bonchev–Trinajstić information content (AvgIpc) is 2.38. The normalized spacial score (nSPS) is 13.2. The Balaban J connectivity index is 2.30. The Bertz CT molecular complexity index is 664. The number of nitrogens with two attached hydrogens (primary N) is 1. The van der Waals surface area contributed by atoms with Crippen molar-refractivity contribution in [1.82, 2.24) is 0 Å². The smallest absolute Gasteiger partial charge is 0.175 e. The molecule has 0 bridgehead atoms. The SMILES string of the molecule is CS(=O)(=O)c1ccc(C(N)c2ccc(Br)cc2)cc1. The molecule has 0 aliphatic heterocycles. The van der Waals surface area contributed by atoms with E-state index in [1.807, 2.05) is 24.3 Å². The monoisotopic (exact) mass is 339 g/mol. The topological polar surface area (TPSA) is 60.2 Å². The Morgan fingerprint density at radius 2 is 1.37 bits per heavy atom. The van der Waals surface area contributed by atoms with Gasteiger partial charge in [-0.1, -0.05) is 40.2 Å². The molecule has 0 heterocycles. The predicted octanol–water partition coefficient (Wildman–Crippen LogP) is 2.90. The van der Waals surface area contributed by atoms with Crippen molar-refractivity contribution in [3.63, 3.8) is 0 Å². The van der Waals surface area contributed by atoms with E-state index in [1.165, 1.54) is 6.26 Å². The molecule has 19 heavy (non-hydrogen) atoms. The van der Waals surface area contributed by atoms with Crippen LogP contribution >= 0.6 is 15.9 Å². The number of rotatable bonds is 3. The second kappa shape index (κ2) is 5.45. The number of sulfone groups is 1. The molecule has 3 nitrogen and oxygen atoms in total. The van der Waals surface area contributed by atoms with Gasteiger partial charge >= 0.3 is 0 Å². The van der Waals surface area contributed by atoms with E-state index in [-0.39, 0.29) is 6.04 Å². The van der Waals surface area contributed by atoms with E-state index < -0.39 is 9.84 Å². The van der Waals surface area contributed by atoms with Crippen molar-refractivity contribution in [3.05, 3.63) is 64.1 Å². The van der Waals surface area contributed by atoms with Gasteiger partial charge in [-0.15, -0.1) is 0 Å². The molecule has 0 aliphatic carbocycles. The van der Waals surface area contributed by atoms with E-state index in [0.29, 0.717) is 4.90 Å². The van der Waals surface area contributed by atoms with Crippen LogP contribution in [0.4, 0.5) is 0 Å². The summed E-state index contributed by atoms with van der Waals surface area (Å²) in [7, 11) is -3.16. The molecule has 0 radical (unpaired) electrons. The summed E-state index contributed by atoms with van der Waals surface area (Å²) >= 11 is 3.37. The van der Waals surface area contributed by atoms with Crippen LogP contribution in [-0.2, 0) is 9.84 Å². The predicted molar refractivity (Wildman–Crippen MR) is 79.7 cm³/mol. The summed E-state index contributed by atoms with van der Waals surface area (Å²) in [5.74, 6) is 0. The average molecular weight is 340 g/mol. The van der Waals surface area contributed by atoms with E-state index in [1.54, 1.807) is 24.3 Å². The van der Waals surface area contributed by atoms with E-state index in [9.17, 15) is 8.42 Å². The summed E-state index contributed by atoms with van der Waals surface area (Å²) in [4.78, 5) is 0.305. The quantitative estimate of drug-likeness (QED) is 0.935. The molecule has 0 saturated carbocycles. The zero-order chi connectivity index (χ0) is 14.0. The van der Waals surface area contributed by atoms with E-state index >= 15 is 0 Å². The Morgan fingerprint density at radius 1 is 0.947 bits per heavy atom. The lowest BCUT2D eigenvalue weighted by atomic mass is 10.00. The lowest BCUT2D eigenvalue weighted by Gasteiger charge is -2.13. The molecule has 0 amide bonds. The fourth-order valence-electron chi connectivity index (χ4n) is 1.78. The van der Waals surface area contributed by atoms with Crippen LogP contribution in [0.2, 0.25) is 0 Å². The van der Waals surface area contributed by atoms with Crippen LogP contribution in [0.1, 0.15) is 17.2 Å². The number of benzene rings is 2. The standard InChI is InChI=1S/C14H14BrNO2S/c1-19(17,18)13-8-4-11(5-9-13)14(16)10-2-6-12(15)7-3-10/h2-9,14H,16H2,1H3. The van der Waals surface area contributed by atoms with E-state index in [2.05, 4.69) is 15.9 Å². The molecular formula is C14H14BrNO2S. The number of halogens is 1. The molecule has 0 saturated heterocycles. The molecular weight excluding hydrogens is 326 g/mol. The zero-order valence-corrected chi connectivity index (χ0v) is 12.8. The van der Waals surface area contributed by atoms with Gasteiger partial charge in [0.2, 0.25) is 0 Å². The minimum Gasteiger partial charge on any atom is -0.320 e. The number of hydrogen-bond acceptors (Lipinski definition) is 3. The van der Waals surface area contributed by atoms with Crippen LogP contribution < -0.4 is 5.73 Å². The Kier molecular flexibility index (Phi) is 4.08. The molecule has 1 atom stereocenters. The molecule has 1 unspecified atom stereocenters. The third-order valence-electron chi connectivity index (χ3n) is 2.90. The van der Waals surface area contributed by atoms with Crippen LogP contribution in [0.3, 0.4) is 0 Å². The van der Waals surface area contributed by atoms with Crippen molar-refractivity contribution in [3.8, 4) is 0 Å².